The molecule has 0 atom stereocenters. The van der Waals surface area contributed by atoms with E-state index in [4.69, 9.17) is 4.65 Å². The first-order chi connectivity index (χ1) is 22.7. The molecule has 0 bridgehead atoms. The third kappa shape index (κ3) is 4.13. The molecule has 3 heteroatoms. The zero-order chi connectivity index (χ0) is 32.4. The van der Waals surface area contributed by atoms with Crippen LogP contribution < -0.4 is 5.46 Å². The maximum absolute atomic E-state index is 10.8. The Labute approximate surface area is 279 Å². The van der Waals surface area contributed by atoms with Crippen molar-refractivity contribution in [2.75, 3.05) is 0 Å². The maximum atomic E-state index is 10.8. The normalized spacial score (nSPS) is 15.3. The molecule has 6 aromatic carbocycles. The Balaban J connectivity index is 1.46. The van der Waals surface area contributed by atoms with Gasteiger partial charge in [0.05, 0.1) is 22.0 Å². The molecule has 0 saturated carbocycles. The molecule has 0 aromatic heterocycles. The molecule has 2 nitrogen and oxygen atoms in total. The fraction of sp³-hybridized carbons (Fsp3) is 0.182. The van der Waals surface area contributed by atoms with Gasteiger partial charge in [-0.25, -0.2) is 0 Å². The van der Waals surface area contributed by atoms with E-state index in [0.29, 0.717) is 0 Å². The van der Waals surface area contributed by atoms with Crippen LogP contribution in [0.5, 0.6) is 0 Å². The second kappa shape index (κ2) is 10.7. The van der Waals surface area contributed by atoms with Gasteiger partial charge in [0, 0.05) is 0 Å². The van der Waals surface area contributed by atoms with Crippen LogP contribution in [0.25, 0.3) is 11.1 Å². The van der Waals surface area contributed by atoms with Gasteiger partial charge < -0.3 is 9.76 Å². The van der Waals surface area contributed by atoms with Gasteiger partial charge in [-0.3, -0.25) is 0 Å². The smallest absolute Gasteiger partial charge is 0.330 e. The zero-order valence-electron chi connectivity index (χ0n) is 27.4. The van der Waals surface area contributed by atoms with Crippen molar-refractivity contribution in [1.29, 1.82) is 0 Å². The van der Waals surface area contributed by atoms with Crippen LogP contribution in [0, 0.1) is 0 Å². The van der Waals surface area contributed by atoms with Crippen molar-refractivity contribution < 1.29 is 9.76 Å². The lowest BCUT2D eigenvalue weighted by molar-refractivity contribution is -0.0893. The van der Waals surface area contributed by atoms with E-state index >= 15 is 0 Å². The molecule has 1 spiro atoms. The molecule has 0 heterocycles. The van der Waals surface area contributed by atoms with E-state index in [-0.39, 0.29) is 0 Å². The van der Waals surface area contributed by atoms with Crippen molar-refractivity contribution >= 4 is 12.9 Å². The van der Waals surface area contributed by atoms with Gasteiger partial charge in [-0.05, 0) is 83.3 Å². The molecule has 2 aliphatic carbocycles. The van der Waals surface area contributed by atoms with Crippen LogP contribution in [0.4, 0.5) is 0 Å². The zero-order valence-corrected chi connectivity index (χ0v) is 27.4. The minimum Gasteiger partial charge on any atom is -0.427 e. The van der Waals surface area contributed by atoms with Gasteiger partial charge in [0.15, 0.2) is 0 Å². The predicted molar refractivity (Wildman–Crippen MR) is 192 cm³/mol. The molecule has 6 aromatic rings. The molecular weight excluding hydrogens is 571 g/mol. The fourth-order valence-electron chi connectivity index (χ4n) is 8.04. The molecule has 0 saturated heterocycles. The molecule has 8 rings (SSSR count). The van der Waals surface area contributed by atoms with E-state index in [1.807, 2.05) is 21.3 Å². The lowest BCUT2D eigenvalue weighted by atomic mass is 9.51. The van der Waals surface area contributed by atoms with Crippen molar-refractivity contribution in [2.45, 2.75) is 49.7 Å². The van der Waals surface area contributed by atoms with Gasteiger partial charge >= 0.3 is 7.48 Å². The quantitative estimate of drug-likeness (QED) is 0.192. The average molecular weight is 610 g/mol. The van der Waals surface area contributed by atoms with Gasteiger partial charge in [-0.2, -0.15) is 0 Å². The lowest BCUT2D eigenvalue weighted by Crippen LogP contribution is -2.49. The van der Waals surface area contributed by atoms with Gasteiger partial charge in [0.25, 0.3) is 0 Å². The lowest BCUT2D eigenvalue weighted by Gasteiger charge is -2.50. The summed E-state index contributed by atoms with van der Waals surface area (Å²) in [5.74, 6) is 0. The second-order valence-corrected chi connectivity index (χ2v) is 14.0. The number of rotatable bonds is 6. The van der Waals surface area contributed by atoms with Crippen molar-refractivity contribution in [2.24, 2.45) is 0 Å². The van der Waals surface area contributed by atoms with E-state index in [9.17, 15) is 5.11 Å². The summed E-state index contributed by atoms with van der Waals surface area (Å²) in [6, 6.07) is 55.7. The number of benzene rings is 6. The second-order valence-electron chi connectivity index (χ2n) is 14.0. The summed E-state index contributed by atoms with van der Waals surface area (Å²) >= 11 is 0. The summed E-state index contributed by atoms with van der Waals surface area (Å²) in [7, 11) is 1.81. The van der Waals surface area contributed by atoms with E-state index in [1.54, 1.807) is 13.8 Å². The van der Waals surface area contributed by atoms with E-state index in [0.717, 1.165) is 5.46 Å². The first kappa shape index (κ1) is 29.7. The highest BCUT2D eigenvalue weighted by Crippen LogP contribution is 2.64. The first-order valence-corrected chi connectivity index (χ1v) is 16.5. The third-order valence-corrected chi connectivity index (χ3v) is 10.9. The van der Waals surface area contributed by atoms with Crippen LogP contribution in [0.2, 0.25) is 0 Å². The highest BCUT2D eigenvalue weighted by atomic mass is 16.5. The third-order valence-electron chi connectivity index (χ3n) is 10.9. The maximum Gasteiger partial charge on any atom is 0.330 e. The van der Waals surface area contributed by atoms with Crippen LogP contribution in [-0.2, 0) is 15.5 Å². The summed E-state index contributed by atoms with van der Waals surface area (Å²) in [6.07, 6.45) is 0. The molecule has 229 valence electrons. The Kier molecular flexibility index (Phi) is 6.74. The fourth-order valence-corrected chi connectivity index (χ4v) is 8.04. The summed E-state index contributed by atoms with van der Waals surface area (Å²) in [5, 5.41) is 10.8. The van der Waals surface area contributed by atoms with Crippen LogP contribution in [0.1, 0.15) is 72.2 Å². The SMILES string of the molecule is CC(C)(O)C(C)(C)O[B]c1ccc2c(c1)C1(c3ccccc3-2)c2ccccc2C(c2ccccc2)(c2ccccc2)c2ccccc21. The van der Waals surface area contributed by atoms with Crippen molar-refractivity contribution in [3.8, 4) is 11.1 Å². The summed E-state index contributed by atoms with van der Waals surface area (Å²) in [4.78, 5) is 0. The Bertz CT molecular complexity index is 2020. The molecule has 0 aliphatic heterocycles. The summed E-state index contributed by atoms with van der Waals surface area (Å²) in [6.45, 7) is 7.43. The van der Waals surface area contributed by atoms with E-state index in [1.165, 1.54) is 55.6 Å². The Morgan fingerprint density at radius 1 is 0.468 bits per heavy atom. The number of hydrogen-bond acceptors (Lipinski definition) is 2. The highest BCUT2D eigenvalue weighted by Gasteiger charge is 2.56. The minimum absolute atomic E-state index is 0.526. The van der Waals surface area contributed by atoms with Crippen molar-refractivity contribution in [3.63, 3.8) is 0 Å². The average Bonchev–Trinajstić information content (AvgIpc) is 3.38. The topological polar surface area (TPSA) is 29.5 Å². The first-order valence-electron chi connectivity index (χ1n) is 16.5. The molecule has 0 amide bonds. The molecule has 0 unspecified atom stereocenters. The molecule has 47 heavy (non-hydrogen) atoms. The molecule has 1 N–H and O–H groups in total. The van der Waals surface area contributed by atoms with Gasteiger partial charge in [0.2, 0.25) is 0 Å². The highest BCUT2D eigenvalue weighted by molar-refractivity contribution is 6.47. The van der Waals surface area contributed by atoms with Crippen LogP contribution in [-0.4, -0.2) is 23.8 Å². The van der Waals surface area contributed by atoms with E-state index < -0.39 is 22.0 Å². The summed E-state index contributed by atoms with van der Waals surface area (Å²) < 4.78 is 6.31. The Morgan fingerprint density at radius 2 is 0.894 bits per heavy atom. The van der Waals surface area contributed by atoms with Gasteiger partial charge in [-0.15, -0.1) is 0 Å². The molecule has 2 aliphatic rings. The molecule has 1 radical (unpaired) electrons. The number of fused-ring (bicyclic) bond motifs is 9. The van der Waals surface area contributed by atoms with E-state index in [2.05, 4.69) is 152 Å². The number of aliphatic hydroxyl groups is 1. The molecular formula is C44H38BO2. The van der Waals surface area contributed by atoms with Crippen LogP contribution in [0.3, 0.4) is 0 Å². The largest absolute Gasteiger partial charge is 0.427 e. The van der Waals surface area contributed by atoms with Crippen LogP contribution in [0.15, 0.2) is 152 Å². The van der Waals surface area contributed by atoms with Crippen molar-refractivity contribution in [1.82, 2.24) is 0 Å². The molecule has 0 fully saturated rings. The number of hydrogen-bond donors (Lipinski definition) is 1. The summed E-state index contributed by atoms with van der Waals surface area (Å²) in [5.41, 5.74) is 10.7. The minimum atomic E-state index is -1.02. The predicted octanol–water partition coefficient (Wildman–Crippen LogP) is 8.56. The van der Waals surface area contributed by atoms with Crippen LogP contribution >= 0.6 is 0 Å². The Morgan fingerprint density at radius 3 is 1.40 bits per heavy atom. The van der Waals surface area contributed by atoms with Gasteiger partial charge in [0.1, 0.15) is 0 Å². The Hall–Kier alpha value is -4.70. The van der Waals surface area contributed by atoms with Crippen molar-refractivity contribution in [3.05, 3.63) is 196 Å². The van der Waals surface area contributed by atoms with Gasteiger partial charge in [-0.1, -0.05) is 157 Å². The monoisotopic (exact) mass is 609 g/mol. The standard InChI is InChI=1S/C44H38BO2/c1-41(2,46)42(3,4)47-45-32-27-28-34-33-21-11-12-22-35(33)44(40(34)29-32)38-25-15-13-23-36(38)43(30-17-7-5-8-18-30,31-19-9-6-10-20-31)37-24-14-16-26-39(37)44/h5-29,46H,1-4H3.